The first-order valence-corrected chi connectivity index (χ1v) is 17.9. The molecular weight excluding hydrogens is 645 g/mol. The third-order valence-corrected chi connectivity index (χ3v) is 10.1. The molecule has 3 heteroatoms. The van der Waals surface area contributed by atoms with Crippen LogP contribution in [0.5, 0.6) is 0 Å². The van der Waals surface area contributed by atoms with Gasteiger partial charge in [-0.25, -0.2) is 9.97 Å². The maximum atomic E-state index is 6.50. The Morgan fingerprint density at radius 1 is 0.302 bits per heavy atom. The number of fused-ring (bicyclic) bond motifs is 5. The first kappa shape index (κ1) is 30.7. The molecule has 0 radical (unpaired) electrons. The van der Waals surface area contributed by atoms with Crippen molar-refractivity contribution in [3.8, 4) is 67.3 Å². The lowest BCUT2D eigenvalue weighted by molar-refractivity contribution is 0.673. The maximum Gasteiger partial charge on any atom is 0.160 e. The van der Waals surface area contributed by atoms with Crippen LogP contribution in [0.2, 0.25) is 0 Å². The van der Waals surface area contributed by atoms with Crippen molar-refractivity contribution in [1.82, 2.24) is 9.97 Å². The fourth-order valence-corrected chi connectivity index (χ4v) is 7.34. The Bertz CT molecular complexity index is 2930. The van der Waals surface area contributed by atoms with E-state index in [0.717, 1.165) is 77.7 Å². The highest BCUT2D eigenvalue weighted by Gasteiger charge is 2.14. The van der Waals surface area contributed by atoms with Crippen molar-refractivity contribution in [3.63, 3.8) is 0 Å². The molecule has 0 fully saturated rings. The summed E-state index contributed by atoms with van der Waals surface area (Å²) in [5, 5.41) is 4.59. The van der Waals surface area contributed by atoms with Crippen LogP contribution in [-0.2, 0) is 0 Å². The molecule has 0 aliphatic carbocycles. The monoisotopic (exact) mass is 676 g/mol. The second-order valence-corrected chi connectivity index (χ2v) is 13.4. The number of furan rings is 1. The van der Waals surface area contributed by atoms with Crippen molar-refractivity contribution >= 4 is 32.7 Å². The summed E-state index contributed by atoms with van der Waals surface area (Å²) in [7, 11) is 0. The van der Waals surface area contributed by atoms with Crippen LogP contribution in [0.25, 0.3) is 100.0 Å². The van der Waals surface area contributed by atoms with Crippen LogP contribution in [0.3, 0.4) is 0 Å². The van der Waals surface area contributed by atoms with Crippen LogP contribution < -0.4 is 0 Å². The molecule has 10 rings (SSSR count). The normalized spacial score (nSPS) is 11.4. The molecule has 0 atom stereocenters. The van der Waals surface area contributed by atoms with Crippen molar-refractivity contribution in [2.24, 2.45) is 0 Å². The number of aromatic nitrogens is 2. The van der Waals surface area contributed by atoms with Crippen molar-refractivity contribution in [1.29, 1.82) is 0 Å². The molecule has 0 N–H and O–H groups in total. The van der Waals surface area contributed by atoms with Crippen LogP contribution in [0.15, 0.2) is 199 Å². The summed E-state index contributed by atoms with van der Waals surface area (Å²) in [6.45, 7) is 0. The average Bonchev–Trinajstić information content (AvgIpc) is 3.63. The van der Waals surface area contributed by atoms with E-state index in [0.29, 0.717) is 5.82 Å². The summed E-state index contributed by atoms with van der Waals surface area (Å²) in [5.41, 5.74) is 13.5. The van der Waals surface area contributed by atoms with E-state index in [1.807, 2.05) is 24.3 Å². The van der Waals surface area contributed by atoms with E-state index >= 15 is 0 Å². The molecule has 0 amide bonds. The zero-order valence-electron chi connectivity index (χ0n) is 28.8. The van der Waals surface area contributed by atoms with Crippen LogP contribution in [0.1, 0.15) is 0 Å². The van der Waals surface area contributed by atoms with Gasteiger partial charge >= 0.3 is 0 Å². The molecule has 0 spiro atoms. The smallest absolute Gasteiger partial charge is 0.160 e. The minimum atomic E-state index is 0.701. The number of hydrogen-bond donors (Lipinski definition) is 0. The third-order valence-electron chi connectivity index (χ3n) is 10.1. The van der Waals surface area contributed by atoms with E-state index < -0.39 is 0 Å². The van der Waals surface area contributed by atoms with Crippen molar-refractivity contribution in [3.05, 3.63) is 194 Å². The van der Waals surface area contributed by atoms with E-state index in [1.54, 1.807) is 0 Å². The average molecular weight is 677 g/mol. The molecule has 248 valence electrons. The van der Waals surface area contributed by atoms with Gasteiger partial charge in [-0.3, -0.25) is 0 Å². The molecule has 0 bridgehead atoms. The summed E-state index contributed by atoms with van der Waals surface area (Å²) in [6.07, 6.45) is 0. The minimum Gasteiger partial charge on any atom is -0.455 e. The zero-order valence-corrected chi connectivity index (χ0v) is 28.8. The molecule has 10 aromatic rings. The van der Waals surface area contributed by atoms with E-state index in [4.69, 9.17) is 14.4 Å². The summed E-state index contributed by atoms with van der Waals surface area (Å²) >= 11 is 0. The highest BCUT2D eigenvalue weighted by Crippen LogP contribution is 2.37. The van der Waals surface area contributed by atoms with Gasteiger partial charge < -0.3 is 4.42 Å². The van der Waals surface area contributed by atoms with Crippen LogP contribution in [0, 0.1) is 0 Å². The molecule has 0 saturated heterocycles. The second kappa shape index (κ2) is 12.9. The SMILES string of the molecule is c1ccc(-c2ccc(-c3cc(-c4cccc(-c5cccc(-c6ccc7c(c6)oc6c8ccccc8ccc76)c5)c4)nc(-c4ccccc4)n3)cc2)cc1. The van der Waals surface area contributed by atoms with Crippen molar-refractivity contribution in [2.45, 2.75) is 0 Å². The Hall–Kier alpha value is -7.10. The predicted octanol–water partition coefficient (Wildman–Crippen LogP) is 13.5. The van der Waals surface area contributed by atoms with Gasteiger partial charge in [0.25, 0.3) is 0 Å². The number of hydrogen-bond acceptors (Lipinski definition) is 3. The summed E-state index contributed by atoms with van der Waals surface area (Å²) in [6, 6.07) is 68.0. The molecule has 53 heavy (non-hydrogen) atoms. The van der Waals surface area contributed by atoms with Gasteiger partial charge in [-0.2, -0.15) is 0 Å². The fourth-order valence-electron chi connectivity index (χ4n) is 7.34. The van der Waals surface area contributed by atoms with E-state index in [1.165, 1.54) is 16.5 Å². The van der Waals surface area contributed by atoms with Crippen molar-refractivity contribution in [2.75, 3.05) is 0 Å². The molecule has 8 aromatic carbocycles. The van der Waals surface area contributed by atoms with Gasteiger partial charge in [-0.15, -0.1) is 0 Å². The van der Waals surface area contributed by atoms with Crippen LogP contribution in [-0.4, -0.2) is 9.97 Å². The fraction of sp³-hybridized carbons (Fsp3) is 0. The van der Waals surface area contributed by atoms with Gasteiger partial charge in [0.05, 0.1) is 11.4 Å². The lowest BCUT2D eigenvalue weighted by Crippen LogP contribution is -1.96. The number of rotatable bonds is 6. The molecule has 2 aromatic heterocycles. The minimum absolute atomic E-state index is 0.701. The van der Waals surface area contributed by atoms with Gasteiger partial charge in [0.15, 0.2) is 5.82 Å². The van der Waals surface area contributed by atoms with Gasteiger partial charge in [0.2, 0.25) is 0 Å². The summed E-state index contributed by atoms with van der Waals surface area (Å²) in [4.78, 5) is 10.2. The molecule has 0 aliphatic rings. The van der Waals surface area contributed by atoms with E-state index in [-0.39, 0.29) is 0 Å². The summed E-state index contributed by atoms with van der Waals surface area (Å²) < 4.78 is 6.50. The standard InChI is InChI=1S/C50H32N2O/c1-3-11-33(12-4-1)34-21-23-36(24-22-34)46-32-47(52-50(51-46)37-14-5-2-6-15-37)42-19-10-18-40(30-42)38-16-9-17-39(29-38)41-26-27-44-45-28-25-35-13-7-8-20-43(35)49(45)53-48(44)31-41/h1-32H. The van der Waals surface area contributed by atoms with Gasteiger partial charge in [-0.1, -0.05) is 158 Å². The molecule has 0 saturated carbocycles. The predicted molar refractivity (Wildman–Crippen MR) is 219 cm³/mol. The Morgan fingerprint density at radius 2 is 0.811 bits per heavy atom. The van der Waals surface area contributed by atoms with Crippen molar-refractivity contribution < 1.29 is 4.42 Å². The first-order valence-electron chi connectivity index (χ1n) is 17.9. The number of benzene rings is 8. The first-order chi connectivity index (χ1) is 26.2. The second-order valence-electron chi connectivity index (χ2n) is 13.4. The zero-order chi connectivity index (χ0) is 35.1. The Balaban J connectivity index is 1.02. The Kier molecular flexibility index (Phi) is 7.47. The molecule has 0 unspecified atom stereocenters. The number of nitrogens with zero attached hydrogens (tertiary/aromatic N) is 2. The topological polar surface area (TPSA) is 38.9 Å². The highest BCUT2D eigenvalue weighted by molar-refractivity contribution is 6.15. The molecule has 3 nitrogen and oxygen atoms in total. The summed E-state index contributed by atoms with van der Waals surface area (Å²) in [5.74, 6) is 0.701. The maximum absolute atomic E-state index is 6.50. The Labute approximate surface area is 307 Å². The van der Waals surface area contributed by atoms with Crippen LogP contribution >= 0.6 is 0 Å². The molecule has 2 heterocycles. The molecular formula is C50H32N2O. The van der Waals surface area contributed by atoms with Gasteiger partial charge in [0.1, 0.15) is 11.2 Å². The lowest BCUT2D eigenvalue weighted by atomic mass is 9.96. The van der Waals surface area contributed by atoms with Crippen LogP contribution in [0.4, 0.5) is 0 Å². The van der Waals surface area contributed by atoms with E-state index in [9.17, 15) is 0 Å². The molecule has 0 aliphatic heterocycles. The quantitative estimate of drug-likeness (QED) is 0.176. The van der Waals surface area contributed by atoms with Gasteiger partial charge in [-0.05, 0) is 75.2 Å². The highest BCUT2D eigenvalue weighted by atomic mass is 16.3. The largest absolute Gasteiger partial charge is 0.455 e. The Morgan fingerprint density at radius 3 is 1.55 bits per heavy atom. The van der Waals surface area contributed by atoms with Gasteiger partial charge in [0, 0.05) is 32.8 Å². The third kappa shape index (κ3) is 5.75. The van der Waals surface area contributed by atoms with E-state index in [2.05, 4.69) is 170 Å². The lowest BCUT2D eigenvalue weighted by Gasteiger charge is -2.12.